The summed E-state index contributed by atoms with van der Waals surface area (Å²) in [5.41, 5.74) is -0.383. The topological polar surface area (TPSA) is 122 Å². The lowest BCUT2D eigenvalue weighted by Crippen LogP contribution is -2.22. The molecule has 0 bridgehead atoms. The monoisotopic (exact) mass is 293 g/mol. The van der Waals surface area contributed by atoms with Crippen molar-refractivity contribution in [3.05, 3.63) is 58.5 Å². The Hall–Kier alpha value is -2.45. The van der Waals surface area contributed by atoms with E-state index >= 15 is 0 Å². The maximum atomic E-state index is 11.9. The highest BCUT2D eigenvalue weighted by Crippen LogP contribution is 2.14. The van der Waals surface area contributed by atoms with Crippen LogP contribution in [0.15, 0.2) is 52.3 Å². The Morgan fingerprint density at radius 1 is 1.20 bits per heavy atom. The number of aromatic amines is 1. The van der Waals surface area contributed by atoms with Gasteiger partial charge in [0.25, 0.3) is 11.5 Å². The normalized spacial score (nSPS) is 11.1. The highest BCUT2D eigenvalue weighted by molar-refractivity contribution is 7.89. The minimum Gasteiger partial charge on any atom is -0.328 e. The molecular formula is C12H11N3O4S. The molecule has 0 saturated heterocycles. The fourth-order valence-corrected chi connectivity index (χ4v) is 2.11. The highest BCUT2D eigenvalue weighted by atomic mass is 32.2. The number of carbonyl (C=O) groups is 1. The number of sulfonamides is 1. The average Bonchev–Trinajstić information content (AvgIpc) is 2.38. The third-order valence-electron chi connectivity index (χ3n) is 2.48. The van der Waals surface area contributed by atoms with Crippen LogP contribution in [0.2, 0.25) is 0 Å². The van der Waals surface area contributed by atoms with Crippen LogP contribution in [0.3, 0.4) is 0 Å². The molecule has 0 aliphatic rings. The number of pyridine rings is 1. The fraction of sp³-hybridized carbons (Fsp3) is 0. The van der Waals surface area contributed by atoms with E-state index in [0.717, 1.165) is 0 Å². The Bertz CT molecular complexity index is 811. The Balaban J connectivity index is 2.30. The average molecular weight is 293 g/mol. The van der Waals surface area contributed by atoms with E-state index in [0.29, 0.717) is 0 Å². The van der Waals surface area contributed by atoms with E-state index in [1.54, 1.807) is 0 Å². The van der Waals surface area contributed by atoms with Gasteiger partial charge in [0, 0.05) is 11.9 Å². The second kappa shape index (κ2) is 5.27. The van der Waals surface area contributed by atoms with Gasteiger partial charge in [0.15, 0.2) is 0 Å². The summed E-state index contributed by atoms with van der Waals surface area (Å²) < 4.78 is 22.4. The smallest absolute Gasteiger partial charge is 0.261 e. The SMILES string of the molecule is NS(=O)(=O)c1cccc(NC(=O)c2ccc[nH]c2=O)c1. The second-order valence-electron chi connectivity index (χ2n) is 3.94. The van der Waals surface area contributed by atoms with Crippen LogP contribution in [0.5, 0.6) is 0 Å². The lowest BCUT2D eigenvalue weighted by Gasteiger charge is -2.06. The molecule has 0 spiro atoms. The highest BCUT2D eigenvalue weighted by Gasteiger charge is 2.12. The molecule has 0 aliphatic carbocycles. The molecule has 0 fully saturated rings. The van der Waals surface area contributed by atoms with E-state index in [1.165, 1.54) is 42.6 Å². The molecule has 8 heteroatoms. The van der Waals surface area contributed by atoms with Gasteiger partial charge >= 0.3 is 0 Å². The summed E-state index contributed by atoms with van der Waals surface area (Å²) in [6.45, 7) is 0. The first-order valence-corrected chi connectivity index (χ1v) is 7.04. The Kier molecular flexibility index (Phi) is 3.68. The number of aromatic nitrogens is 1. The van der Waals surface area contributed by atoms with Crippen LogP contribution in [-0.2, 0) is 10.0 Å². The summed E-state index contributed by atoms with van der Waals surface area (Å²) in [5.74, 6) is -0.640. The van der Waals surface area contributed by atoms with E-state index in [2.05, 4.69) is 10.3 Å². The van der Waals surface area contributed by atoms with E-state index < -0.39 is 21.5 Å². The number of hydrogen-bond acceptors (Lipinski definition) is 4. The standard InChI is InChI=1S/C12H11N3O4S/c13-20(18,19)9-4-1-3-8(7-9)15-12(17)10-5-2-6-14-11(10)16/h1-7H,(H,14,16)(H,15,17)(H2,13,18,19). The van der Waals surface area contributed by atoms with Crippen LogP contribution in [0.4, 0.5) is 5.69 Å². The molecule has 1 amide bonds. The number of amides is 1. The van der Waals surface area contributed by atoms with Gasteiger partial charge in [0.1, 0.15) is 5.56 Å². The number of carbonyl (C=O) groups excluding carboxylic acids is 1. The van der Waals surface area contributed by atoms with Gasteiger partial charge in [-0.3, -0.25) is 9.59 Å². The van der Waals surface area contributed by atoms with Crippen LogP contribution in [-0.4, -0.2) is 19.3 Å². The first kappa shape index (κ1) is 14.0. The van der Waals surface area contributed by atoms with Crippen LogP contribution in [0.25, 0.3) is 0 Å². The number of anilines is 1. The fourth-order valence-electron chi connectivity index (χ4n) is 1.55. The number of nitrogens with two attached hydrogens (primary N) is 1. The first-order valence-electron chi connectivity index (χ1n) is 5.50. The summed E-state index contributed by atoms with van der Waals surface area (Å²) in [5, 5.41) is 7.43. The van der Waals surface area contributed by atoms with Gasteiger partial charge in [0.2, 0.25) is 10.0 Å². The summed E-state index contributed by atoms with van der Waals surface area (Å²) in [6.07, 6.45) is 1.40. The zero-order chi connectivity index (χ0) is 14.8. The maximum absolute atomic E-state index is 11.9. The summed E-state index contributed by atoms with van der Waals surface area (Å²) >= 11 is 0. The number of rotatable bonds is 3. The summed E-state index contributed by atoms with van der Waals surface area (Å²) in [7, 11) is -3.85. The van der Waals surface area contributed by atoms with Gasteiger partial charge in [-0.25, -0.2) is 13.6 Å². The van der Waals surface area contributed by atoms with Crippen molar-refractivity contribution < 1.29 is 13.2 Å². The van der Waals surface area contributed by atoms with Gasteiger partial charge in [-0.05, 0) is 30.3 Å². The molecule has 4 N–H and O–H groups in total. The third kappa shape index (κ3) is 3.11. The van der Waals surface area contributed by atoms with Crippen molar-refractivity contribution in [1.29, 1.82) is 0 Å². The quantitative estimate of drug-likeness (QED) is 0.752. The molecule has 1 aromatic carbocycles. The van der Waals surface area contributed by atoms with Gasteiger partial charge in [-0.2, -0.15) is 0 Å². The Labute approximate surface area is 114 Å². The zero-order valence-electron chi connectivity index (χ0n) is 10.2. The molecule has 20 heavy (non-hydrogen) atoms. The minimum absolute atomic E-state index is 0.0755. The number of primary sulfonamides is 1. The van der Waals surface area contributed by atoms with Gasteiger partial charge in [-0.15, -0.1) is 0 Å². The van der Waals surface area contributed by atoms with Crippen LogP contribution < -0.4 is 16.0 Å². The lowest BCUT2D eigenvalue weighted by molar-refractivity contribution is 0.102. The molecule has 0 unspecified atom stereocenters. The van der Waals surface area contributed by atoms with Gasteiger partial charge in [-0.1, -0.05) is 6.07 Å². The van der Waals surface area contributed by atoms with Gasteiger partial charge in [0.05, 0.1) is 4.90 Å². The zero-order valence-corrected chi connectivity index (χ0v) is 11.0. The molecule has 0 radical (unpaired) electrons. The first-order chi connectivity index (χ1) is 9.38. The molecule has 0 atom stereocenters. The van der Waals surface area contributed by atoms with Crippen molar-refractivity contribution in [1.82, 2.24) is 4.98 Å². The summed E-state index contributed by atoms with van der Waals surface area (Å²) in [4.78, 5) is 25.6. The second-order valence-corrected chi connectivity index (χ2v) is 5.50. The van der Waals surface area contributed by atoms with Gasteiger partial charge < -0.3 is 10.3 Å². The number of benzene rings is 1. The molecule has 2 aromatic rings. The molecule has 1 heterocycles. The molecular weight excluding hydrogens is 282 g/mol. The number of nitrogens with one attached hydrogen (secondary N) is 2. The molecule has 0 saturated carbocycles. The van der Waals surface area contributed by atoms with Crippen LogP contribution in [0, 0.1) is 0 Å². The van der Waals surface area contributed by atoms with Crippen molar-refractivity contribution in [2.45, 2.75) is 4.90 Å². The Morgan fingerprint density at radius 2 is 1.95 bits per heavy atom. The predicted octanol–water partition coefficient (Wildman–Crippen LogP) is 0.275. The van der Waals surface area contributed by atoms with Crippen molar-refractivity contribution in [2.24, 2.45) is 5.14 Å². The molecule has 0 aliphatic heterocycles. The van der Waals surface area contributed by atoms with E-state index in [4.69, 9.17) is 5.14 Å². The summed E-state index contributed by atoms with van der Waals surface area (Å²) in [6, 6.07) is 8.31. The van der Waals surface area contributed by atoms with E-state index in [1.807, 2.05) is 0 Å². The Morgan fingerprint density at radius 3 is 2.60 bits per heavy atom. The molecule has 104 valence electrons. The minimum atomic E-state index is -3.85. The van der Waals surface area contributed by atoms with Crippen LogP contribution in [0.1, 0.15) is 10.4 Å². The number of H-pyrrole nitrogens is 1. The molecule has 2 rings (SSSR count). The number of hydrogen-bond donors (Lipinski definition) is 3. The maximum Gasteiger partial charge on any atom is 0.261 e. The molecule has 7 nitrogen and oxygen atoms in total. The predicted molar refractivity (Wildman–Crippen MR) is 72.8 cm³/mol. The van der Waals surface area contributed by atoms with Crippen LogP contribution >= 0.6 is 0 Å². The van der Waals surface area contributed by atoms with E-state index in [-0.39, 0.29) is 16.1 Å². The van der Waals surface area contributed by atoms with Crippen molar-refractivity contribution >= 4 is 21.6 Å². The van der Waals surface area contributed by atoms with Crippen molar-refractivity contribution in [3.63, 3.8) is 0 Å². The van der Waals surface area contributed by atoms with Crippen molar-refractivity contribution in [3.8, 4) is 0 Å². The van der Waals surface area contributed by atoms with Crippen molar-refractivity contribution in [2.75, 3.05) is 5.32 Å². The largest absolute Gasteiger partial charge is 0.328 e. The van der Waals surface area contributed by atoms with E-state index in [9.17, 15) is 18.0 Å². The molecule has 1 aromatic heterocycles. The lowest BCUT2D eigenvalue weighted by atomic mass is 10.2. The third-order valence-corrected chi connectivity index (χ3v) is 3.39.